The van der Waals surface area contributed by atoms with Crippen LogP contribution in [0, 0.1) is 17.0 Å². The molecule has 0 bridgehead atoms. The molecule has 3 aromatic carbocycles. The molecule has 0 atom stereocenters. The topological polar surface area (TPSA) is 93.8 Å². The van der Waals surface area contributed by atoms with Crippen LogP contribution in [0.5, 0.6) is 0 Å². The van der Waals surface area contributed by atoms with Gasteiger partial charge in [0.15, 0.2) is 5.76 Å². The summed E-state index contributed by atoms with van der Waals surface area (Å²) in [5.41, 5.74) is 2.58. The smallest absolute Gasteiger partial charge is 0.355 e. The zero-order valence-corrected chi connectivity index (χ0v) is 20.6. The number of anilines is 1. The largest absolute Gasteiger partial charge is 0.365 e. The summed E-state index contributed by atoms with van der Waals surface area (Å²) in [6, 6.07) is 17.4. The molecule has 1 aliphatic carbocycles. The van der Waals surface area contributed by atoms with E-state index in [9.17, 15) is 18.4 Å². The van der Waals surface area contributed by atoms with E-state index < -0.39 is 23.5 Å². The number of nitrogens with one attached hydrogen (secondary N) is 1. The summed E-state index contributed by atoms with van der Waals surface area (Å²) in [5, 5.41) is 11.0. The van der Waals surface area contributed by atoms with Gasteiger partial charge in [0, 0.05) is 16.8 Å². The number of carbonyl (C=O) groups is 2. The van der Waals surface area contributed by atoms with Gasteiger partial charge in [-0.25, -0.2) is 13.6 Å². The molecular weight excluding hydrogens is 492 g/mol. The maximum absolute atomic E-state index is 13.9. The number of fused-ring (bicyclic) bond motifs is 1. The molecule has 0 saturated heterocycles. The zero-order valence-electron chi connectivity index (χ0n) is 20.6. The van der Waals surface area contributed by atoms with Gasteiger partial charge in [0.25, 0.3) is 5.91 Å². The molecule has 4 aromatic rings. The van der Waals surface area contributed by atoms with Crippen molar-refractivity contribution in [2.45, 2.75) is 26.7 Å². The Morgan fingerprint density at radius 3 is 2.42 bits per heavy atom. The van der Waals surface area contributed by atoms with E-state index in [1.807, 2.05) is 13.8 Å². The Kier molecular flexibility index (Phi) is 6.59. The average molecular weight is 516 g/mol. The minimum absolute atomic E-state index is 0.142. The molecule has 0 fully saturated rings. The molecule has 0 unspecified atom stereocenters. The van der Waals surface area contributed by atoms with Crippen LogP contribution in [0.2, 0.25) is 0 Å². The van der Waals surface area contributed by atoms with Crippen LogP contribution >= 0.6 is 0 Å². The Balaban J connectivity index is 1.38. The third-order valence-corrected chi connectivity index (χ3v) is 6.11. The lowest BCUT2D eigenvalue weighted by Crippen LogP contribution is -2.27. The van der Waals surface area contributed by atoms with Crippen molar-refractivity contribution in [3.05, 3.63) is 107 Å². The fraction of sp³-hybridized carbons (Fsp3) is 0.172. The van der Waals surface area contributed by atoms with Crippen molar-refractivity contribution >= 4 is 23.3 Å². The van der Waals surface area contributed by atoms with Gasteiger partial charge in [-0.15, -0.1) is 0 Å². The molecule has 0 spiro atoms. The Hall–Kier alpha value is -4.66. The minimum atomic E-state index is -0.743. The minimum Gasteiger partial charge on any atom is -0.355 e. The molecule has 0 saturated carbocycles. The standard InChI is InChI=1S/C29H23F2N3O4/c1-29(2)15-23-25(26(37-33-23)17-6-3-9-20(30)12-17)24(16-29)34-38-28(36)19-8-5-11-22(14-19)32-27(35)18-7-4-10-21(31)13-18/h3-14H,15-16H2,1-2H3,(H,32,35)/b34-24+. The second-order valence-corrected chi connectivity index (χ2v) is 9.82. The highest BCUT2D eigenvalue weighted by molar-refractivity contribution is 6.07. The van der Waals surface area contributed by atoms with Gasteiger partial charge in [0.05, 0.1) is 22.5 Å². The Morgan fingerprint density at radius 2 is 1.66 bits per heavy atom. The van der Waals surface area contributed by atoms with Crippen LogP contribution in [0.1, 0.15) is 52.2 Å². The first kappa shape index (κ1) is 25.0. The first-order valence-electron chi connectivity index (χ1n) is 11.9. The van der Waals surface area contributed by atoms with Crippen LogP contribution in [0.15, 0.2) is 82.5 Å². The maximum Gasteiger partial charge on any atom is 0.365 e. The van der Waals surface area contributed by atoms with E-state index in [-0.39, 0.29) is 16.5 Å². The number of aromatic nitrogens is 1. The van der Waals surface area contributed by atoms with E-state index in [1.54, 1.807) is 24.3 Å². The highest BCUT2D eigenvalue weighted by atomic mass is 19.1. The van der Waals surface area contributed by atoms with Crippen molar-refractivity contribution < 1.29 is 27.7 Å². The summed E-state index contributed by atoms with van der Waals surface area (Å²) < 4.78 is 32.9. The summed E-state index contributed by atoms with van der Waals surface area (Å²) in [6.45, 7) is 4.07. The number of hydrogen-bond acceptors (Lipinski definition) is 6. The van der Waals surface area contributed by atoms with Crippen LogP contribution in [0.25, 0.3) is 11.3 Å². The van der Waals surface area contributed by atoms with Gasteiger partial charge in [0.2, 0.25) is 0 Å². The second-order valence-electron chi connectivity index (χ2n) is 9.82. The molecule has 1 N–H and O–H groups in total. The number of benzene rings is 3. The number of halogens is 2. The van der Waals surface area contributed by atoms with Crippen molar-refractivity contribution in [1.29, 1.82) is 0 Å². The molecule has 1 aromatic heterocycles. The van der Waals surface area contributed by atoms with Crippen LogP contribution in [0.3, 0.4) is 0 Å². The molecule has 1 heterocycles. The summed E-state index contributed by atoms with van der Waals surface area (Å²) in [7, 11) is 0. The van der Waals surface area contributed by atoms with E-state index in [0.29, 0.717) is 46.8 Å². The molecule has 1 amide bonds. The molecular formula is C29H23F2N3O4. The van der Waals surface area contributed by atoms with Crippen LogP contribution in [-0.4, -0.2) is 22.7 Å². The zero-order chi connectivity index (χ0) is 26.9. The number of amides is 1. The monoisotopic (exact) mass is 515 g/mol. The average Bonchev–Trinajstić information content (AvgIpc) is 3.30. The molecule has 192 valence electrons. The van der Waals surface area contributed by atoms with E-state index in [0.717, 1.165) is 6.07 Å². The van der Waals surface area contributed by atoms with Crippen LogP contribution in [0.4, 0.5) is 14.5 Å². The van der Waals surface area contributed by atoms with Crippen molar-refractivity contribution in [1.82, 2.24) is 5.16 Å². The van der Waals surface area contributed by atoms with Gasteiger partial charge in [-0.3, -0.25) is 4.79 Å². The van der Waals surface area contributed by atoms with Crippen molar-refractivity contribution in [2.75, 3.05) is 5.32 Å². The molecule has 7 nitrogen and oxygen atoms in total. The van der Waals surface area contributed by atoms with E-state index in [4.69, 9.17) is 9.36 Å². The first-order valence-corrected chi connectivity index (χ1v) is 11.9. The molecule has 1 aliphatic rings. The third kappa shape index (κ3) is 5.36. The fourth-order valence-corrected chi connectivity index (χ4v) is 4.41. The first-order chi connectivity index (χ1) is 18.2. The molecule has 9 heteroatoms. The summed E-state index contributed by atoms with van der Waals surface area (Å²) in [5.74, 6) is -1.86. The predicted molar refractivity (Wildman–Crippen MR) is 137 cm³/mol. The summed E-state index contributed by atoms with van der Waals surface area (Å²) in [6.07, 6.45) is 1.09. The maximum atomic E-state index is 13.9. The fourth-order valence-electron chi connectivity index (χ4n) is 4.41. The van der Waals surface area contributed by atoms with Crippen molar-refractivity contribution in [3.63, 3.8) is 0 Å². The summed E-state index contributed by atoms with van der Waals surface area (Å²) >= 11 is 0. The molecule has 5 rings (SSSR count). The normalized spacial score (nSPS) is 15.1. The highest BCUT2D eigenvalue weighted by Gasteiger charge is 2.36. The SMILES string of the molecule is CC1(C)C/C(=N\OC(=O)c2cccc(NC(=O)c3cccc(F)c3)c2)c2c(noc2-c2cccc(F)c2)C1. The summed E-state index contributed by atoms with van der Waals surface area (Å²) in [4.78, 5) is 30.6. The van der Waals surface area contributed by atoms with Gasteiger partial charge < -0.3 is 14.7 Å². The molecule has 0 aliphatic heterocycles. The highest BCUT2D eigenvalue weighted by Crippen LogP contribution is 2.39. The van der Waals surface area contributed by atoms with Gasteiger partial charge >= 0.3 is 5.97 Å². The Bertz CT molecular complexity index is 1580. The Morgan fingerprint density at radius 1 is 0.947 bits per heavy atom. The number of carbonyl (C=O) groups excluding carboxylic acids is 2. The predicted octanol–water partition coefficient (Wildman–Crippen LogP) is 6.41. The lowest BCUT2D eigenvalue weighted by atomic mass is 9.75. The molecule has 0 radical (unpaired) electrons. The lowest BCUT2D eigenvalue weighted by Gasteiger charge is -2.28. The van der Waals surface area contributed by atoms with E-state index >= 15 is 0 Å². The van der Waals surface area contributed by atoms with Crippen molar-refractivity contribution in [2.24, 2.45) is 10.6 Å². The molecule has 38 heavy (non-hydrogen) atoms. The van der Waals surface area contributed by atoms with Crippen LogP contribution < -0.4 is 5.32 Å². The van der Waals surface area contributed by atoms with Gasteiger partial charge in [-0.2, -0.15) is 0 Å². The third-order valence-electron chi connectivity index (χ3n) is 6.11. The quantitative estimate of drug-likeness (QED) is 0.245. The second kappa shape index (κ2) is 10.0. The van der Waals surface area contributed by atoms with Gasteiger partial charge in [0.1, 0.15) is 11.6 Å². The number of hydrogen-bond donors (Lipinski definition) is 1. The number of rotatable bonds is 5. The van der Waals surface area contributed by atoms with Gasteiger partial charge in [-0.05, 0) is 66.8 Å². The van der Waals surface area contributed by atoms with E-state index in [2.05, 4.69) is 15.6 Å². The Labute approximate surface area is 217 Å². The van der Waals surface area contributed by atoms with E-state index in [1.165, 1.54) is 42.5 Å². The van der Waals surface area contributed by atoms with Crippen molar-refractivity contribution in [3.8, 4) is 11.3 Å². The van der Waals surface area contributed by atoms with Crippen LogP contribution in [-0.2, 0) is 11.3 Å². The van der Waals surface area contributed by atoms with Gasteiger partial charge in [-0.1, -0.05) is 48.4 Å². The number of nitrogens with zero attached hydrogens (tertiary/aromatic N) is 2. The lowest BCUT2D eigenvalue weighted by molar-refractivity contribution is 0.0513. The number of oxime groups is 1.